The number of hydrogen-bond acceptors (Lipinski definition) is 4. The van der Waals surface area contributed by atoms with Crippen LogP contribution in [0.1, 0.15) is 11.1 Å². The molecule has 0 bridgehead atoms. The Morgan fingerprint density at radius 2 is 0.854 bits per heavy atom. The predicted molar refractivity (Wildman–Crippen MR) is 159 cm³/mol. The van der Waals surface area contributed by atoms with Crippen molar-refractivity contribution in [3.63, 3.8) is 0 Å². The zero-order valence-corrected chi connectivity index (χ0v) is 21.8. The highest BCUT2D eigenvalue weighted by Gasteiger charge is 2.29. The van der Waals surface area contributed by atoms with E-state index in [2.05, 4.69) is 6.07 Å². The van der Waals surface area contributed by atoms with Crippen molar-refractivity contribution >= 4 is 0 Å². The number of halogens is 1. The Labute approximate surface area is 237 Å². The molecule has 4 nitrogen and oxygen atoms in total. The van der Waals surface area contributed by atoms with Crippen molar-refractivity contribution in [2.75, 3.05) is 0 Å². The van der Waals surface area contributed by atoms with Gasteiger partial charge in [-0.1, -0.05) is 121 Å². The van der Waals surface area contributed by atoms with E-state index in [0.717, 1.165) is 11.1 Å². The van der Waals surface area contributed by atoms with Crippen molar-refractivity contribution in [1.82, 2.24) is 9.97 Å². The summed E-state index contributed by atoms with van der Waals surface area (Å²) >= 11 is 0. The van der Waals surface area contributed by atoms with Gasteiger partial charge in [0.25, 0.3) is 0 Å². The van der Waals surface area contributed by atoms with Gasteiger partial charge in [0.2, 0.25) is 0 Å². The zero-order valence-electron chi connectivity index (χ0n) is 21.8. The minimum absolute atomic E-state index is 0.114. The molecule has 0 saturated carbocycles. The van der Waals surface area contributed by atoms with Gasteiger partial charge < -0.3 is 0 Å². The van der Waals surface area contributed by atoms with Crippen molar-refractivity contribution in [1.29, 1.82) is 10.5 Å². The van der Waals surface area contributed by atoms with Gasteiger partial charge >= 0.3 is 0 Å². The van der Waals surface area contributed by atoms with Crippen molar-refractivity contribution < 1.29 is 4.39 Å². The number of nitrogens with zero attached hydrogens (tertiary/aromatic N) is 4. The maximum Gasteiger partial charge on any atom is 0.162 e. The molecule has 0 spiro atoms. The lowest BCUT2D eigenvalue weighted by atomic mass is 9.85. The van der Waals surface area contributed by atoms with Gasteiger partial charge in [-0.25, -0.2) is 14.4 Å². The van der Waals surface area contributed by atoms with E-state index < -0.39 is 5.82 Å². The summed E-state index contributed by atoms with van der Waals surface area (Å²) in [4.78, 5) is 9.83. The van der Waals surface area contributed by atoms with Crippen LogP contribution < -0.4 is 0 Å². The van der Waals surface area contributed by atoms with Crippen molar-refractivity contribution in [3.8, 4) is 68.3 Å². The summed E-state index contributed by atoms with van der Waals surface area (Å²) in [5, 5.41) is 20.8. The standard InChI is InChI=1S/C36H21FN4/c37-35-29(23-39)32(26-17-9-3-10-18-26)28(22-38)34(33(35)27-19-11-4-12-20-27)36-40-30(24-13-5-1-6-14-24)21-31(41-36)25-15-7-2-8-16-25/h1-21H. The fourth-order valence-corrected chi connectivity index (χ4v) is 5.00. The molecular formula is C36H21FN4. The number of rotatable bonds is 5. The van der Waals surface area contributed by atoms with Crippen LogP contribution in [0, 0.1) is 28.5 Å². The second-order valence-electron chi connectivity index (χ2n) is 9.34. The molecule has 0 saturated heterocycles. The van der Waals surface area contributed by atoms with Crippen LogP contribution in [0.15, 0.2) is 127 Å². The first-order valence-corrected chi connectivity index (χ1v) is 13.0. The summed E-state index contributed by atoms with van der Waals surface area (Å²) in [6, 6.07) is 43.4. The molecule has 1 aromatic heterocycles. The zero-order chi connectivity index (χ0) is 28.2. The van der Waals surface area contributed by atoms with E-state index in [-0.39, 0.29) is 33.6 Å². The lowest BCUT2D eigenvalue weighted by molar-refractivity contribution is 0.628. The largest absolute Gasteiger partial charge is 0.228 e. The molecular weight excluding hydrogens is 507 g/mol. The lowest BCUT2D eigenvalue weighted by Gasteiger charge is -2.19. The fourth-order valence-electron chi connectivity index (χ4n) is 5.00. The third-order valence-corrected chi connectivity index (χ3v) is 6.88. The van der Waals surface area contributed by atoms with E-state index in [1.54, 1.807) is 48.5 Å². The van der Waals surface area contributed by atoms with Gasteiger partial charge in [0.05, 0.1) is 22.5 Å². The first-order chi connectivity index (χ1) is 20.2. The predicted octanol–water partition coefficient (Wildman–Crippen LogP) is 8.69. The second-order valence-corrected chi connectivity index (χ2v) is 9.34. The third kappa shape index (κ3) is 4.74. The number of benzene rings is 5. The monoisotopic (exact) mass is 528 g/mol. The van der Waals surface area contributed by atoms with Crippen LogP contribution in [0.2, 0.25) is 0 Å². The summed E-state index contributed by atoms with van der Waals surface area (Å²) in [6.07, 6.45) is 0. The highest BCUT2D eigenvalue weighted by atomic mass is 19.1. The van der Waals surface area contributed by atoms with E-state index in [0.29, 0.717) is 22.5 Å². The van der Waals surface area contributed by atoms with Crippen LogP contribution in [-0.4, -0.2) is 9.97 Å². The van der Waals surface area contributed by atoms with Crippen LogP contribution in [0.4, 0.5) is 4.39 Å². The molecule has 0 aliphatic heterocycles. The summed E-state index contributed by atoms with van der Waals surface area (Å²) in [6.45, 7) is 0. The second kappa shape index (κ2) is 11.1. The minimum Gasteiger partial charge on any atom is -0.228 e. The average Bonchev–Trinajstić information content (AvgIpc) is 3.05. The lowest BCUT2D eigenvalue weighted by Crippen LogP contribution is -2.05. The quantitative estimate of drug-likeness (QED) is 0.224. The molecule has 5 aromatic carbocycles. The van der Waals surface area contributed by atoms with E-state index in [4.69, 9.17) is 9.97 Å². The Morgan fingerprint density at radius 3 is 1.27 bits per heavy atom. The Balaban J connectivity index is 1.78. The Morgan fingerprint density at radius 1 is 0.463 bits per heavy atom. The third-order valence-electron chi connectivity index (χ3n) is 6.88. The molecule has 0 amide bonds. The smallest absolute Gasteiger partial charge is 0.162 e. The molecule has 0 radical (unpaired) electrons. The van der Waals surface area contributed by atoms with E-state index >= 15 is 4.39 Å². The normalized spacial score (nSPS) is 10.5. The molecule has 0 aliphatic rings. The molecule has 0 fully saturated rings. The fraction of sp³-hybridized carbons (Fsp3) is 0. The highest BCUT2D eigenvalue weighted by Crippen LogP contribution is 2.44. The van der Waals surface area contributed by atoms with Crippen LogP contribution in [0.25, 0.3) is 56.2 Å². The highest BCUT2D eigenvalue weighted by molar-refractivity contribution is 5.94. The minimum atomic E-state index is -0.721. The van der Waals surface area contributed by atoms with E-state index in [1.807, 2.05) is 84.9 Å². The van der Waals surface area contributed by atoms with Crippen LogP contribution in [0.5, 0.6) is 0 Å². The van der Waals surface area contributed by atoms with Gasteiger partial charge in [-0.2, -0.15) is 10.5 Å². The molecule has 0 aliphatic carbocycles. The van der Waals surface area contributed by atoms with E-state index in [1.165, 1.54) is 0 Å². The molecule has 0 N–H and O–H groups in total. The molecule has 1 heterocycles. The van der Waals surface area contributed by atoms with Gasteiger partial charge in [0.1, 0.15) is 18.0 Å². The van der Waals surface area contributed by atoms with Gasteiger partial charge in [-0.3, -0.25) is 0 Å². The molecule has 6 rings (SSSR count). The summed E-state index contributed by atoms with van der Waals surface area (Å²) in [5.74, 6) is -0.525. The van der Waals surface area contributed by atoms with Crippen molar-refractivity contribution in [3.05, 3.63) is 144 Å². The molecule has 41 heavy (non-hydrogen) atoms. The molecule has 0 unspecified atom stereocenters. The van der Waals surface area contributed by atoms with Crippen LogP contribution >= 0.6 is 0 Å². The number of nitriles is 2. The molecule has 0 atom stereocenters. The van der Waals surface area contributed by atoms with Gasteiger partial charge in [0, 0.05) is 27.8 Å². The number of hydrogen-bond donors (Lipinski definition) is 0. The molecule has 192 valence electrons. The summed E-state index contributed by atoms with van der Waals surface area (Å²) in [7, 11) is 0. The van der Waals surface area contributed by atoms with Gasteiger partial charge in [0.15, 0.2) is 5.82 Å². The maximum absolute atomic E-state index is 16.6. The van der Waals surface area contributed by atoms with Gasteiger partial charge in [-0.05, 0) is 17.2 Å². The van der Waals surface area contributed by atoms with E-state index in [9.17, 15) is 10.5 Å². The van der Waals surface area contributed by atoms with Crippen molar-refractivity contribution in [2.45, 2.75) is 0 Å². The molecule has 6 aromatic rings. The average molecular weight is 529 g/mol. The first-order valence-electron chi connectivity index (χ1n) is 13.0. The Bertz CT molecular complexity index is 1880. The van der Waals surface area contributed by atoms with Crippen molar-refractivity contribution in [2.24, 2.45) is 0 Å². The molecule has 5 heteroatoms. The summed E-state index contributed by atoms with van der Waals surface area (Å²) < 4.78 is 16.6. The van der Waals surface area contributed by atoms with Crippen LogP contribution in [-0.2, 0) is 0 Å². The SMILES string of the molecule is N#Cc1c(F)c(-c2ccccc2)c(-c2nc(-c3ccccc3)cc(-c3ccccc3)n2)c(C#N)c1-c1ccccc1. The van der Waals surface area contributed by atoms with Gasteiger partial charge in [-0.15, -0.1) is 0 Å². The maximum atomic E-state index is 16.6. The Kier molecular flexibility index (Phi) is 6.85. The first kappa shape index (κ1) is 25.4. The summed E-state index contributed by atoms with van der Waals surface area (Å²) in [5.41, 5.74) is 4.55. The topological polar surface area (TPSA) is 73.4 Å². The van der Waals surface area contributed by atoms with Crippen LogP contribution in [0.3, 0.4) is 0 Å². The number of aromatic nitrogens is 2. The Hall–Kier alpha value is -5.91.